The number of hydrogen-bond donors (Lipinski definition) is 1. The lowest BCUT2D eigenvalue weighted by Gasteiger charge is -2.11. The molecule has 0 bridgehead atoms. The molecule has 1 N–H and O–H groups in total. The molecule has 0 aliphatic heterocycles. The largest absolute Gasteiger partial charge is 0.473 e. The Morgan fingerprint density at radius 1 is 1.33 bits per heavy atom. The summed E-state index contributed by atoms with van der Waals surface area (Å²) in [4.78, 5) is 19.1. The van der Waals surface area contributed by atoms with E-state index in [1.165, 1.54) is 0 Å². The van der Waals surface area contributed by atoms with E-state index in [0.29, 0.717) is 32.0 Å². The van der Waals surface area contributed by atoms with Crippen LogP contribution in [0.4, 0.5) is 11.5 Å². The highest BCUT2D eigenvalue weighted by Crippen LogP contribution is 2.32. The second-order valence-corrected chi connectivity index (χ2v) is 4.36. The molecule has 8 nitrogen and oxygen atoms in total. The predicted molar refractivity (Wildman–Crippen MR) is 78.8 cm³/mol. The third kappa shape index (κ3) is 5.14. The first kappa shape index (κ1) is 17.1. The number of nitrogens with zero attached hydrogens (tertiary/aromatic N) is 3. The summed E-state index contributed by atoms with van der Waals surface area (Å²) in [5, 5.41) is 14.2. The number of ether oxygens (including phenoxy) is 2. The maximum absolute atomic E-state index is 11.3. The monoisotopic (exact) mass is 298 g/mol. The van der Waals surface area contributed by atoms with E-state index >= 15 is 0 Å². The molecule has 0 fully saturated rings. The Morgan fingerprint density at radius 3 is 2.67 bits per heavy atom. The standard InChI is InChI=1S/C13H22N4O4/c1-4-7-10-15-12(14-8-6-9-20-3)11(17(18)19)13(16-10)21-5-2/h4-9H2,1-3H3,(H,14,15,16). The topological polar surface area (TPSA) is 99.4 Å². The lowest BCUT2D eigenvalue weighted by atomic mass is 10.3. The molecule has 0 aromatic carbocycles. The number of hydrogen-bond acceptors (Lipinski definition) is 7. The number of aryl methyl sites for hydroxylation is 1. The van der Waals surface area contributed by atoms with Crippen LogP contribution in [0.15, 0.2) is 0 Å². The van der Waals surface area contributed by atoms with Crippen LogP contribution < -0.4 is 10.1 Å². The number of rotatable bonds is 10. The molecule has 21 heavy (non-hydrogen) atoms. The van der Waals surface area contributed by atoms with Crippen molar-refractivity contribution in [2.45, 2.75) is 33.1 Å². The van der Waals surface area contributed by atoms with Gasteiger partial charge in [0.15, 0.2) is 0 Å². The van der Waals surface area contributed by atoms with E-state index in [1.54, 1.807) is 14.0 Å². The van der Waals surface area contributed by atoms with Gasteiger partial charge in [-0.3, -0.25) is 10.1 Å². The quantitative estimate of drug-likeness (QED) is 0.401. The molecule has 8 heteroatoms. The fourth-order valence-electron chi connectivity index (χ4n) is 1.76. The van der Waals surface area contributed by atoms with Gasteiger partial charge in [-0.2, -0.15) is 4.98 Å². The molecule has 0 amide bonds. The van der Waals surface area contributed by atoms with Crippen molar-refractivity contribution in [1.29, 1.82) is 0 Å². The van der Waals surface area contributed by atoms with Crippen molar-refractivity contribution in [3.05, 3.63) is 15.9 Å². The third-order valence-corrected chi connectivity index (χ3v) is 2.65. The summed E-state index contributed by atoms with van der Waals surface area (Å²) in [5.74, 6) is 0.772. The smallest absolute Gasteiger partial charge is 0.372 e. The van der Waals surface area contributed by atoms with E-state index in [1.807, 2.05) is 6.92 Å². The van der Waals surface area contributed by atoms with Crippen molar-refractivity contribution in [2.75, 3.05) is 32.2 Å². The minimum absolute atomic E-state index is 0.0233. The van der Waals surface area contributed by atoms with Crippen LogP contribution in [0.1, 0.15) is 32.5 Å². The Balaban J connectivity index is 3.06. The molecule has 0 atom stereocenters. The van der Waals surface area contributed by atoms with Crippen LogP contribution >= 0.6 is 0 Å². The average Bonchev–Trinajstić information content (AvgIpc) is 2.44. The first-order valence-corrected chi connectivity index (χ1v) is 7.04. The van der Waals surface area contributed by atoms with Crippen molar-refractivity contribution in [1.82, 2.24) is 9.97 Å². The van der Waals surface area contributed by atoms with Gasteiger partial charge in [0.1, 0.15) is 5.82 Å². The van der Waals surface area contributed by atoms with E-state index in [4.69, 9.17) is 9.47 Å². The van der Waals surface area contributed by atoms with E-state index in [-0.39, 0.29) is 17.4 Å². The van der Waals surface area contributed by atoms with E-state index in [0.717, 1.165) is 12.8 Å². The molecular weight excluding hydrogens is 276 g/mol. The molecule has 0 aliphatic rings. The zero-order valence-corrected chi connectivity index (χ0v) is 12.7. The van der Waals surface area contributed by atoms with Gasteiger partial charge in [-0.15, -0.1) is 0 Å². The van der Waals surface area contributed by atoms with E-state index < -0.39 is 4.92 Å². The molecule has 0 unspecified atom stereocenters. The van der Waals surface area contributed by atoms with Gasteiger partial charge in [-0.25, -0.2) is 4.98 Å². The van der Waals surface area contributed by atoms with Crippen LogP contribution in [0.5, 0.6) is 5.88 Å². The molecule has 1 heterocycles. The number of aromatic nitrogens is 2. The zero-order valence-electron chi connectivity index (χ0n) is 12.7. The number of methoxy groups -OCH3 is 1. The fourth-order valence-corrected chi connectivity index (χ4v) is 1.76. The first-order chi connectivity index (χ1) is 10.1. The Labute approximate surface area is 124 Å². The first-order valence-electron chi connectivity index (χ1n) is 7.04. The molecule has 0 aliphatic carbocycles. The molecule has 1 aromatic rings. The van der Waals surface area contributed by atoms with Gasteiger partial charge in [0.25, 0.3) is 5.88 Å². The summed E-state index contributed by atoms with van der Waals surface area (Å²) in [6.45, 7) is 5.18. The van der Waals surface area contributed by atoms with E-state index in [2.05, 4.69) is 15.3 Å². The Hall–Kier alpha value is -1.96. The van der Waals surface area contributed by atoms with Crippen molar-refractivity contribution < 1.29 is 14.4 Å². The Bertz CT molecular complexity index is 468. The second kappa shape index (κ2) is 9.06. The number of nitrogens with one attached hydrogen (secondary N) is 1. The molecule has 0 saturated carbocycles. The average molecular weight is 298 g/mol. The lowest BCUT2D eigenvalue weighted by molar-refractivity contribution is -0.385. The van der Waals surface area contributed by atoms with Crippen molar-refractivity contribution >= 4 is 11.5 Å². The van der Waals surface area contributed by atoms with Crippen LogP contribution in [0.3, 0.4) is 0 Å². The van der Waals surface area contributed by atoms with Gasteiger partial charge in [0.05, 0.1) is 11.5 Å². The molecule has 118 valence electrons. The molecule has 0 spiro atoms. The Kier molecular flexibility index (Phi) is 7.38. The van der Waals surface area contributed by atoms with Crippen LogP contribution in [-0.2, 0) is 11.2 Å². The highest BCUT2D eigenvalue weighted by Gasteiger charge is 2.25. The minimum Gasteiger partial charge on any atom is -0.473 e. The molecule has 1 aromatic heterocycles. The van der Waals surface area contributed by atoms with Crippen LogP contribution in [0.25, 0.3) is 0 Å². The Morgan fingerprint density at radius 2 is 2.10 bits per heavy atom. The third-order valence-electron chi connectivity index (χ3n) is 2.65. The number of anilines is 1. The summed E-state index contributed by atoms with van der Waals surface area (Å²) in [6.07, 6.45) is 2.22. The van der Waals surface area contributed by atoms with Gasteiger partial charge in [0.2, 0.25) is 5.82 Å². The number of nitro groups is 1. The summed E-state index contributed by atoms with van der Waals surface area (Å²) >= 11 is 0. The SMILES string of the molecule is CCCc1nc(NCCCOC)c([N+](=O)[O-])c(OCC)n1. The maximum Gasteiger partial charge on any atom is 0.372 e. The van der Waals surface area contributed by atoms with Crippen molar-refractivity contribution in [3.8, 4) is 5.88 Å². The second-order valence-electron chi connectivity index (χ2n) is 4.36. The predicted octanol–water partition coefficient (Wildman–Crippen LogP) is 2.18. The van der Waals surface area contributed by atoms with Gasteiger partial charge in [-0.05, 0) is 19.8 Å². The lowest BCUT2D eigenvalue weighted by Crippen LogP contribution is -2.12. The van der Waals surface area contributed by atoms with Gasteiger partial charge >= 0.3 is 5.69 Å². The zero-order chi connectivity index (χ0) is 15.7. The summed E-state index contributed by atoms with van der Waals surface area (Å²) < 4.78 is 10.2. The normalized spacial score (nSPS) is 10.4. The molecule has 0 radical (unpaired) electrons. The van der Waals surface area contributed by atoms with E-state index in [9.17, 15) is 10.1 Å². The fraction of sp³-hybridized carbons (Fsp3) is 0.692. The van der Waals surface area contributed by atoms with Gasteiger partial charge in [-0.1, -0.05) is 6.92 Å². The summed E-state index contributed by atoms with van der Waals surface area (Å²) in [6, 6.07) is 0. The summed E-state index contributed by atoms with van der Waals surface area (Å²) in [5.41, 5.74) is -0.214. The molecular formula is C13H22N4O4. The van der Waals surface area contributed by atoms with Crippen LogP contribution in [0.2, 0.25) is 0 Å². The van der Waals surface area contributed by atoms with Crippen molar-refractivity contribution in [3.63, 3.8) is 0 Å². The van der Waals surface area contributed by atoms with Crippen molar-refractivity contribution in [2.24, 2.45) is 0 Å². The van der Waals surface area contributed by atoms with Gasteiger partial charge in [0, 0.05) is 26.7 Å². The highest BCUT2D eigenvalue weighted by atomic mass is 16.6. The molecule has 1 rings (SSSR count). The molecule has 0 saturated heterocycles. The highest BCUT2D eigenvalue weighted by molar-refractivity contribution is 5.61. The summed E-state index contributed by atoms with van der Waals surface area (Å²) in [7, 11) is 1.61. The van der Waals surface area contributed by atoms with Crippen LogP contribution in [0, 0.1) is 10.1 Å². The van der Waals surface area contributed by atoms with Crippen LogP contribution in [-0.4, -0.2) is 41.8 Å². The van der Waals surface area contributed by atoms with Gasteiger partial charge < -0.3 is 14.8 Å². The maximum atomic E-state index is 11.3. The minimum atomic E-state index is -0.515.